The number of likely N-dealkylation sites (tertiary alicyclic amines) is 2. The molecule has 0 spiro atoms. The fourth-order valence-corrected chi connectivity index (χ4v) is 12.7. The van der Waals surface area contributed by atoms with Crippen LogP contribution in [-0.2, 0) is 65.4 Å². The van der Waals surface area contributed by atoms with E-state index in [9.17, 15) is 79.2 Å². The number of ether oxygens (including phenoxy) is 15. The highest BCUT2D eigenvalue weighted by Crippen LogP contribution is 2.41. The molecule has 6 amide bonds. The number of aliphatic hydroxyl groups is 6. The third-order valence-corrected chi connectivity index (χ3v) is 18.2. The summed E-state index contributed by atoms with van der Waals surface area (Å²) < 4.78 is 85.7. The van der Waals surface area contributed by atoms with Gasteiger partial charge in [0.2, 0.25) is 12.6 Å². The van der Waals surface area contributed by atoms with Gasteiger partial charge in [-0.25, -0.2) is 19.2 Å². The highest BCUT2D eigenvalue weighted by Gasteiger charge is 2.51. The fourth-order valence-electron chi connectivity index (χ4n) is 12.7. The van der Waals surface area contributed by atoms with E-state index >= 15 is 0 Å². The van der Waals surface area contributed by atoms with E-state index in [4.69, 9.17) is 71.1 Å². The predicted octanol–water partition coefficient (Wildman–Crippen LogP) is 2.30. The summed E-state index contributed by atoms with van der Waals surface area (Å²) in [4.78, 5) is 111. The van der Waals surface area contributed by atoms with Crippen LogP contribution in [0.5, 0.6) is 34.5 Å². The van der Waals surface area contributed by atoms with Crippen molar-refractivity contribution < 1.29 is 150 Å². The minimum atomic E-state index is -2.02. The maximum absolute atomic E-state index is 14.8. The smallest absolute Gasteiger partial charge is 0.411 e. The number of hydrogen-bond acceptors (Lipinski definition) is 29. The van der Waals surface area contributed by atoms with Crippen molar-refractivity contribution >= 4 is 59.1 Å². The van der Waals surface area contributed by atoms with Gasteiger partial charge in [0.25, 0.3) is 23.6 Å². The average Bonchev–Trinajstić information content (AvgIpc) is 1.41. The molecule has 0 aromatic heterocycles. The summed E-state index contributed by atoms with van der Waals surface area (Å²) in [6.45, 7) is 14.1. The number of unbranched alkanes of at least 4 members (excludes halogenated alkanes) is 2. The molecular formula is C73H88N6O31. The Morgan fingerprint density at radius 3 is 1.32 bits per heavy atom. The van der Waals surface area contributed by atoms with Gasteiger partial charge < -0.3 is 132 Å². The van der Waals surface area contributed by atoms with E-state index < -0.39 is 147 Å². The first-order valence-electron chi connectivity index (χ1n) is 34.8. The SMILES string of the molecule is C=C1C[C@@H](C2OCCO2)N(C(=O)c2cc(OC)c(OCCCCCOc3cc(NC(=O)OCc4ccc(O[C@@H]5O[C@H](C(=O)O)[C@@H](O)[C@H](O)[C@H]5O)c(C(=O)NC(=C)C)c4)c(C(=O)N4CC(=C)C[C@H]4C4OCCO4)cc3OC)cc2NC(=O)OCc2ccc(O[C@@H]3O[C@H](C(=O)O)[C@@H](O)[C@H](O)[C@H]3O)c(C(=O)NCCOC)c2)C1. The number of carboxylic acids is 2. The molecule has 0 unspecified atom stereocenters. The third kappa shape index (κ3) is 19.8. The topological polar surface area (TPSA) is 491 Å². The number of anilines is 2. The van der Waals surface area contributed by atoms with Crippen LogP contribution in [-0.4, -0.2) is 272 Å². The number of carboxylic acid groups (broad SMARTS) is 2. The number of aliphatic carboxylic acids is 2. The maximum atomic E-state index is 14.8. The number of carbonyl (C=O) groups is 8. The van der Waals surface area contributed by atoms with Crippen molar-refractivity contribution in [3.05, 3.63) is 131 Å². The van der Waals surface area contributed by atoms with Gasteiger partial charge in [0.05, 0.1) is 106 Å². The summed E-state index contributed by atoms with van der Waals surface area (Å²) >= 11 is 0. The van der Waals surface area contributed by atoms with Crippen LogP contribution in [0.2, 0.25) is 0 Å². The van der Waals surface area contributed by atoms with Crippen LogP contribution in [0.15, 0.2) is 97.2 Å². The molecule has 6 fully saturated rings. The Hall–Kier alpha value is -10.3. The molecule has 0 aliphatic carbocycles. The zero-order valence-corrected chi connectivity index (χ0v) is 60.4. The molecule has 12 N–H and O–H groups in total. The summed E-state index contributed by atoms with van der Waals surface area (Å²) in [6, 6.07) is 12.2. The van der Waals surface area contributed by atoms with E-state index in [1.165, 1.54) is 98.7 Å². The van der Waals surface area contributed by atoms with Crippen molar-refractivity contribution in [3.63, 3.8) is 0 Å². The van der Waals surface area contributed by atoms with Gasteiger partial charge in [0.1, 0.15) is 61.3 Å². The number of methoxy groups -OCH3 is 3. The summed E-state index contributed by atoms with van der Waals surface area (Å²) in [6.07, 6.45) is -21.5. The van der Waals surface area contributed by atoms with Gasteiger partial charge in [0.15, 0.2) is 47.8 Å². The second kappa shape index (κ2) is 37.4. The largest absolute Gasteiger partial charge is 0.493 e. The highest BCUT2D eigenvalue weighted by atomic mass is 16.7. The maximum Gasteiger partial charge on any atom is 0.411 e. The fraction of sp³-hybridized carbons (Fsp3) is 0.479. The standard InChI is InChI=1S/C73H88N6O31/c1-35(2)75-63(87)43-26-39(12-14-49(43)108-71-59(85)55(81)57(83)61(110-71)67(92)93)34-106-73(95)77-45-30-53(51(98-7)28-41(45)65(89)79-32-37(4)24-47(79)69-103-21-22-104-69)100-17-10-8-9-16-99-52-29-44(40(27-50(52)97-6)64(88)78-31-36(3)23-46(78)68-101-19-20-102-68)76-72(94)105-33-38-11-13-48(42(25-38)62(86)74-15-18-96-5)107-70-58(84)54(80)56(82)60(109-70)66(90)91/h11-14,25-30,46-47,54-61,68-71,80-85H,1,3-4,8-10,15-24,31-34H2,2,5-7H3,(H,74,86)(H,75,87)(H,76,94)(H,77,95)(H,90,91)(H,92,93)/t46-,47-,54-,55-,56-,57-,58+,59+,60-,61-,70+,71+/m0/s1. The van der Waals surface area contributed by atoms with Crippen LogP contribution < -0.4 is 49.7 Å². The highest BCUT2D eigenvalue weighted by molar-refractivity contribution is 6.05. The number of rotatable bonds is 32. The normalized spacial score (nSPS) is 24.1. The second-order valence-corrected chi connectivity index (χ2v) is 26.2. The lowest BCUT2D eigenvalue weighted by atomic mass is 9.99. The van der Waals surface area contributed by atoms with Crippen LogP contribution in [0.3, 0.4) is 0 Å². The second-order valence-electron chi connectivity index (χ2n) is 26.2. The van der Waals surface area contributed by atoms with E-state index in [2.05, 4.69) is 41.0 Å². The number of amides is 6. The minimum absolute atomic E-state index is 0.0183. The first-order chi connectivity index (χ1) is 52.7. The Morgan fingerprint density at radius 1 is 0.509 bits per heavy atom. The molecule has 6 saturated heterocycles. The van der Waals surface area contributed by atoms with Crippen LogP contribution in [0.25, 0.3) is 0 Å². The molecule has 6 heterocycles. The number of nitrogens with zero attached hydrogens (tertiary/aromatic N) is 2. The molecule has 110 heavy (non-hydrogen) atoms. The first kappa shape index (κ1) is 82.2. The lowest BCUT2D eigenvalue weighted by Crippen LogP contribution is -2.61. The quantitative estimate of drug-likeness (QED) is 0.0246. The Bertz CT molecular complexity index is 4070. The zero-order valence-electron chi connectivity index (χ0n) is 60.4. The van der Waals surface area contributed by atoms with E-state index in [0.717, 1.165) is 0 Å². The number of benzene rings is 4. The van der Waals surface area contributed by atoms with Crippen LogP contribution in [0.4, 0.5) is 21.0 Å². The number of carbonyl (C=O) groups excluding carboxylic acids is 6. The van der Waals surface area contributed by atoms with Crippen molar-refractivity contribution in [2.45, 2.75) is 138 Å². The summed E-state index contributed by atoms with van der Waals surface area (Å²) in [7, 11) is 4.13. The molecule has 10 rings (SSSR count). The van der Waals surface area contributed by atoms with E-state index in [-0.39, 0.29) is 124 Å². The van der Waals surface area contributed by atoms with Crippen molar-refractivity contribution in [2.75, 3.05) is 97.8 Å². The monoisotopic (exact) mass is 1540 g/mol. The van der Waals surface area contributed by atoms with Crippen molar-refractivity contribution in [3.8, 4) is 34.5 Å². The number of aliphatic hydroxyl groups excluding tert-OH is 6. The summed E-state index contributed by atoms with van der Waals surface area (Å²) in [5, 5.41) is 92.3. The number of allylic oxidation sites excluding steroid dienone is 1. The summed E-state index contributed by atoms with van der Waals surface area (Å²) in [5.41, 5.74) is 1.34. The Labute approximate surface area is 628 Å². The Kier molecular flexibility index (Phi) is 28.0. The molecule has 0 saturated carbocycles. The van der Waals surface area contributed by atoms with Gasteiger partial charge in [-0.05, 0) is 86.6 Å². The number of nitrogens with one attached hydrogen (secondary N) is 4. The molecule has 37 nitrogen and oxygen atoms in total. The molecule has 596 valence electrons. The summed E-state index contributed by atoms with van der Waals surface area (Å²) in [5.74, 6) is -6.13. The molecular weight excluding hydrogens is 1460 g/mol. The van der Waals surface area contributed by atoms with E-state index in [0.29, 0.717) is 69.7 Å². The molecule has 4 aromatic carbocycles. The van der Waals surface area contributed by atoms with E-state index in [1.54, 1.807) is 0 Å². The molecule has 6 aliphatic rings. The Morgan fingerprint density at radius 2 is 0.927 bits per heavy atom. The van der Waals surface area contributed by atoms with Gasteiger partial charge in [-0.3, -0.25) is 29.8 Å². The molecule has 12 atom stereocenters. The van der Waals surface area contributed by atoms with Gasteiger partial charge in [-0.15, -0.1) is 0 Å². The number of hydrogen-bond donors (Lipinski definition) is 12. The van der Waals surface area contributed by atoms with Crippen molar-refractivity contribution in [1.82, 2.24) is 20.4 Å². The van der Waals surface area contributed by atoms with Gasteiger partial charge in [0, 0.05) is 44.6 Å². The van der Waals surface area contributed by atoms with Gasteiger partial charge >= 0.3 is 24.1 Å². The molecule has 6 aliphatic heterocycles. The van der Waals surface area contributed by atoms with Crippen LogP contribution in [0, 0.1) is 0 Å². The lowest BCUT2D eigenvalue weighted by Gasteiger charge is -2.38. The average molecular weight is 1550 g/mol. The van der Waals surface area contributed by atoms with Crippen molar-refractivity contribution in [1.29, 1.82) is 0 Å². The molecule has 37 heteroatoms. The lowest BCUT2D eigenvalue weighted by molar-refractivity contribution is -0.271. The molecule has 4 aromatic rings. The first-order valence-corrected chi connectivity index (χ1v) is 34.8. The van der Waals surface area contributed by atoms with Crippen molar-refractivity contribution in [2.24, 2.45) is 0 Å². The Balaban J connectivity index is 0.828. The van der Waals surface area contributed by atoms with Crippen LogP contribution in [0.1, 0.15) is 91.6 Å². The third-order valence-electron chi connectivity index (χ3n) is 18.2. The van der Waals surface area contributed by atoms with E-state index in [1.807, 2.05) is 0 Å². The minimum Gasteiger partial charge on any atom is -0.493 e. The van der Waals surface area contributed by atoms with Gasteiger partial charge in [-0.1, -0.05) is 43.0 Å². The zero-order chi connectivity index (χ0) is 79.2. The van der Waals surface area contributed by atoms with Gasteiger partial charge in [-0.2, -0.15) is 0 Å². The molecule has 0 bridgehead atoms. The van der Waals surface area contributed by atoms with Crippen LogP contribution >= 0.6 is 0 Å². The molecule has 0 radical (unpaired) electrons. The predicted molar refractivity (Wildman–Crippen MR) is 376 cm³/mol.